The molecule has 1 N–H and O–H groups in total. The zero-order chi connectivity index (χ0) is 9.78. The third kappa shape index (κ3) is 4.07. The number of hydrogen-bond donors (Lipinski definition) is 1. The van der Waals surface area contributed by atoms with Crippen LogP contribution in [0.3, 0.4) is 0 Å². The Balaban J connectivity index is 3.96. The highest BCUT2D eigenvalue weighted by atomic mass is 32.2. The van der Waals surface area contributed by atoms with Gasteiger partial charge in [0.2, 0.25) is 0 Å². The predicted molar refractivity (Wildman–Crippen MR) is 52.1 cm³/mol. The topological polar surface area (TPSA) is 46.2 Å². The molecule has 0 radical (unpaired) electrons. The second kappa shape index (κ2) is 4.82. The predicted octanol–water partition coefficient (Wildman–Crippen LogP) is 0.808. The molecule has 0 spiro atoms. The van der Waals surface area contributed by atoms with Gasteiger partial charge in [-0.25, -0.2) is 8.42 Å². The van der Waals surface area contributed by atoms with Gasteiger partial charge in [0.05, 0.1) is 5.25 Å². The summed E-state index contributed by atoms with van der Waals surface area (Å²) in [6.07, 6.45) is 0. The smallest absolute Gasteiger partial charge is 0.153 e. The van der Waals surface area contributed by atoms with Crippen LogP contribution in [0.1, 0.15) is 27.7 Å². The molecule has 1 unspecified atom stereocenters. The molecule has 0 aliphatic rings. The maximum Gasteiger partial charge on any atom is 0.153 e. The highest BCUT2D eigenvalue weighted by molar-refractivity contribution is 7.92. The van der Waals surface area contributed by atoms with Crippen molar-refractivity contribution in [2.75, 3.05) is 12.3 Å². The molecule has 4 heteroatoms. The molecule has 0 aliphatic heterocycles. The zero-order valence-electron chi connectivity index (χ0n) is 8.29. The molecule has 0 bridgehead atoms. The van der Waals surface area contributed by atoms with E-state index in [0.717, 1.165) is 0 Å². The van der Waals surface area contributed by atoms with E-state index in [1.165, 1.54) is 0 Å². The summed E-state index contributed by atoms with van der Waals surface area (Å²) in [6, 6.07) is 0.347. The molecule has 0 aromatic rings. The summed E-state index contributed by atoms with van der Waals surface area (Å²) in [4.78, 5) is 0. The largest absolute Gasteiger partial charge is 0.313 e. The van der Waals surface area contributed by atoms with Crippen LogP contribution < -0.4 is 5.32 Å². The molecule has 1 atom stereocenters. The van der Waals surface area contributed by atoms with Gasteiger partial charge in [0.1, 0.15) is 0 Å². The minimum absolute atomic E-state index is 0.230. The second-order valence-electron chi connectivity index (χ2n) is 3.33. The minimum atomic E-state index is -2.86. The monoisotopic (exact) mass is 193 g/mol. The molecule has 0 fully saturated rings. The average Bonchev–Trinajstić information content (AvgIpc) is 2.00. The van der Waals surface area contributed by atoms with Crippen LogP contribution in [0, 0.1) is 0 Å². The molecule has 74 valence electrons. The maximum absolute atomic E-state index is 11.3. The van der Waals surface area contributed by atoms with E-state index in [4.69, 9.17) is 0 Å². The Labute approximate surface area is 75.5 Å². The second-order valence-corrected chi connectivity index (χ2v) is 6.03. The van der Waals surface area contributed by atoms with Gasteiger partial charge in [-0.1, -0.05) is 20.8 Å². The molecule has 3 nitrogen and oxygen atoms in total. The fourth-order valence-electron chi connectivity index (χ4n) is 0.813. The van der Waals surface area contributed by atoms with Gasteiger partial charge < -0.3 is 5.32 Å². The molecular formula is C8H19NO2S. The van der Waals surface area contributed by atoms with Crippen molar-refractivity contribution in [3.8, 4) is 0 Å². The standard InChI is InChI=1S/C8H19NO2S/c1-5-12(10,11)8(4)6-9-7(2)3/h7-9H,5-6H2,1-4H3. The molecule has 12 heavy (non-hydrogen) atoms. The lowest BCUT2D eigenvalue weighted by Crippen LogP contribution is -2.35. The van der Waals surface area contributed by atoms with E-state index >= 15 is 0 Å². The van der Waals surface area contributed by atoms with E-state index in [1.54, 1.807) is 13.8 Å². The van der Waals surface area contributed by atoms with E-state index < -0.39 is 9.84 Å². The lowest BCUT2D eigenvalue weighted by molar-refractivity contribution is 0.551. The van der Waals surface area contributed by atoms with Crippen molar-refractivity contribution in [1.82, 2.24) is 5.32 Å². The highest BCUT2D eigenvalue weighted by Crippen LogP contribution is 2.00. The van der Waals surface area contributed by atoms with Crippen LogP contribution in [0.4, 0.5) is 0 Å². The summed E-state index contributed by atoms with van der Waals surface area (Å²) in [5, 5.41) is 2.83. The van der Waals surface area contributed by atoms with Crippen molar-refractivity contribution in [3.63, 3.8) is 0 Å². The Kier molecular flexibility index (Phi) is 4.78. The molecule has 0 aromatic carbocycles. The van der Waals surface area contributed by atoms with E-state index in [-0.39, 0.29) is 11.0 Å². The van der Waals surface area contributed by atoms with Crippen molar-refractivity contribution in [3.05, 3.63) is 0 Å². The number of nitrogens with one attached hydrogen (secondary N) is 1. The summed E-state index contributed by atoms with van der Waals surface area (Å²) in [5.74, 6) is 0.230. The summed E-state index contributed by atoms with van der Waals surface area (Å²) in [5.41, 5.74) is 0. The lowest BCUT2D eigenvalue weighted by atomic mass is 10.3. The van der Waals surface area contributed by atoms with Crippen LogP contribution in [-0.4, -0.2) is 32.0 Å². The van der Waals surface area contributed by atoms with Crippen LogP contribution in [-0.2, 0) is 9.84 Å². The van der Waals surface area contributed by atoms with E-state index in [9.17, 15) is 8.42 Å². The van der Waals surface area contributed by atoms with Gasteiger partial charge in [0, 0.05) is 18.3 Å². The van der Waals surface area contributed by atoms with Crippen molar-refractivity contribution < 1.29 is 8.42 Å². The normalized spacial score (nSPS) is 15.1. The minimum Gasteiger partial charge on any atom is -0.313 e. The SMILES string of the molecule is CCS(=O)(=O)C(C)CNC(C)C. The third-order valence-corrected chi connectivity index (χ3v) is 4.03. The van der Waals surface area contributed by atoms with Gasteiger partial charge in [0.25, 0.3) is 0 Å². The third-order valence-electron chi connectivity index (χ3n) is 1.83. The van der Waals surface area contributed by atoms with Gasteiger partial charge in [-0.05, 0) is 6.92 Å². The first-order valence-corrected chi connectivity index (χ1v) is 6.06. The van der Waals surface area contributed by atoms with Crippen molar-refractivity contribution in [2.24, 2.45) is 0 Å². The summed E-state index contributed by atoms with van der Waals surface area (Å²) < 4.78 is 22.5. The quantitative estimate of drug-likeness (QED) is 0.703. The lowest BCUT2D eigenvalue weighted by Gasteiger charge is -2.14. The molecule has 0 saturated heterocycles. The van der Waals surface area contributed by atoms with E-state index in [2.05, 4.69) is 5.32 Å². The molecule has 0 rings (SSSR count). The molecular weight excluding hydrogens is 174 g/mol. The van der Waals surface area contributed by atoms with E-state index in [1.807, 2.05) is 13.8 Å². The fraction of sp³-hybridized carbons (Fsp3) is 1.00. The Hall–Kier alpha value is -0.0900. The van der Waals surface area contributed by atoms with Crippen LogP contribution in [0.5, 0.6) is 0 Å². The number of sulfone groups is 1. The number of hydrogen-bond acceptors (Lipinski definition) is 3. The Morgan fingerprint density at radius 1 is 1.25 bits per heavy atom. The first kappa shape index (κ1) is 11.9. The summed E-state index contributed by atoms with van der Waals surface area (Å²) >= 11 is 0. The number of rotatable bonds is 5. The van der Waals surface area contributed by atoms with Crippen LogP contribution in [0.2, 0.25) is 0 Å². The van der Waals surface area contributed by atoms with Crippen molar-refractivity contribution in [2.45, 2.75) is 39.0 Å². The van der Waals surface area contributed by atoms with Crippen LogP contribution >= 0.6 is 0 Å². The maximum atomic E-state index is 11.3. The van der Waals surface area contributed by atoms with Crippen molar-refractivity contribution in [1.29, 1.82) is 0 Å². The van der Waals surface area contributed by atoms with Gasteiger partial charge in [-0.15, -0.1) is 0 Å². The Bertz CT molecular complexity index is 209. The molecule has 0 saturated carbocycles. The van der Waals surface area contributed by atoms with E-state index in [0.29, 0.717) is 12.6 Å². The van der Waals surface area contributed by atoms with Gasteiger partial charge >= 0.3 is 0 Å². The van der Waals surface area contributed by atoms with Gasteiger partial charge in [0.15, 0.2) is 9.84 Å². The molecule has 0 aromatic heterocycles. The van der Waals surface area contributed by atoms with Crippen LogP contribution in [0.15, 0.2) is 0 Å². The summed E-state index contributed by atoms with van der Waals surface area (Å²) in [6.45, 7) is 7.99. The van der Waals surface area contributed by atoms with Gasteiger partial charge in [-0.2, -0.15) is 0 Å². The van der Waals surface area contributed by atoms with Crippen LogP contribution in [0.25, 0.3) is 0 Å². The Morgan fingerprint density at radius 2 is 1.75 bits per heavy atom. The molecule has 0 heterocycles. The fourth-order valence-corrected chi connectivity index (χ4v) is 1.73. The summed E-state index contributed by atoms with van der Waals surface area (Å²) in [7, 11) is -2.86. The average molecular weight is 193 g/mol. The van der Waals surface area contributed by atoms with Crippen molar-refractivity contribution >= 4 is 9.84 Å². The van der Waals surface area contributed by atoms with Gasteiger partial charge in [-0.3, -0.25) is 0 Å². The first-order chi connectivity index (χ1) is 5.40. The first-order valence-electron chi connectivity index (χ1n) is 4.35. The highest BCUT2D eigenvalue weighted by Gasteiger charge is 2.17. The zero-order valence-corrected chi connectivity index (χ0v) is 9.11. The molecule has 0 amide bonds. The Morgan fingerprint density at radius 3 is 2.08 bits per heavy atom. The molecule has 0 aliphatic carbocycles.